The number of carbonyl (C=O) groups is 2. The zero-order valence-corrected chi connectivity index (χ0v) is 14.9. The highest BCUT2D eigenvalue weighted by molar-refractivity contribution is 5.94. The molecule has 0 spiro atoms. The van der Waals surface area contributed by atoms with Crippen LogP contribution in [0, 0.1) is 5.41 Å². The molecule has 6 heteroatoms. The predicted octanol–water partition coefficient (Wildman–Crippen LogP) is 3.08. The number of hydrogen-bond acceptors (Lipinski definition) is 3. The van der Waals surface area contributed by atoms with Crippen molar-refractivity contribution in [2.45, 2.75) is 38.5 Å². The molecule has 6 nitrogen and oxygen atoms in total. The zero-order valence-electron chi connectivity index (χ0n) is 14.9. The highest BCUT2D eigenvalue weighted by Gasteiger charge is 2.40. The lowest BCUT2D eigenvalue weighted by Gasteiger charge is -2.37. The lowest BCUT2D eigenvalue weighted by molar-refractivity contribution is -0.150. The molecule has 2 heterocycles. The van der Waals surface area contributed by atoms with Gasteiger partial charge in [0, 0.05) is 19.0 Å². The van der Waals surface area contributed by atoms with Gasteiger partial charge in [-0.1, -0.05) is 18.2 Å². The lowest BCUT2D eigenvalue weighted by atomic mass is 9.82. The van der Waals surface area contributed by atoms with Crippen LogP contribution in [0.25, 0.3) is 5.69 Å². The number of carboxylic acid groups (broad SMARTS) is 1. The Bertz CT molecular complexity index is 841. The van der Waals surface area contributed by atoms with Crippen LogP contribution in [-0.4, -0.2) is 44.8 Å². The molecule has 1 saturated carbocycles. The molecule has 2 aromatic rings. The molecule has 1 atom stereocenters. The first-order valence-corrected chi connectivity index (χ1v) is 9.16. The fourth-order valence-electron chi connectivity index (χ4n) is 3.65. The van der Waals surface area contributed by atoms with Gasteiger partial charge in [0.2, 0.25) is 0 Å². The second-order valence-electron chi connectivity index (χ2n) is 7.67. The fraction of sp³-hybridized carbons (Fsp3) is 0.450. The maximum Gasteiger partial charge on any atom is 0.311 e. The first kappa shape index (κ1) is 16.8. The van der Waals surface area contributed by atoms with Crippen molar-refractivity contribution < 1.29 is 14.7 Å². The van der Waals surface area contributed by atoms with E-state index in [4.69, 9.17) is 0 Å². The molecule has 1 aliphatic heterocycles. The Hall–Kier alpha value is -2.63. The molecule has 136 valence electrons. The second-order valence-corrected chi connectivity index (χ2v) is 7.67. The van der Waals surface area contributed by atoms with E-state index >= 15 is 0 Å². The Balaban J connectivity index is 1.68. The van der Waals surface area contributed by atoms with E-state index in [0.29, 0.717) is 31.0 Å². The van der Waals surface area contributed by atoms with Crippen LogP contribution in [0.15, 0.2) is 36.4 Å². The summed E-state index contributed by atoms with van der Waals surface area (Å²) >= 11 is 0. The lowest BCUT2D eigenvalue weighted by Crippen LogP contribution is -2.48. The molecule has 4 rings (SSSR count). The summed E-state index contributed by atoms with van der Waals surface area (Å²) in [4.78, 5) is 26.5. The number of para-hydroxylation sites is 1. The standard InChI is InChI=1S/C20H23N3O3/c1-20(19(25)26)10-5-11-22(13-20)18(24)17-12-16(14-8-9-14)21-23(17)15-6-3-2-4-7-15/h2-4,6-7,12,14H,5,8-11,13H2,1H3,(H,25,26). The first-order valence-electron chi connectivity index (χ1n) is 9.16. The molecule has 1 N–H and O–H groups in total. The van der Waals surface area contributed by atoms with E-state index in [9.17, 15) is 14.7 Å². The van der Waals surface area contributed by atoms with Gasteiger partial charge in [-0.25, -0.2) is 4.68 Å². The third-order valence-corrected chi connectivity index (χ3v) is 5.44. The van der Waals surface area contributed by atoms with E-state index < -0.39 is 11.4 Å². The Morgan fingerprint density at radius 3 is 2.62 bits per heavy atom. The van der Waals surface area contributed by atoms with Gasteiger partial charge in [0.15, 0.2) is 0 Å². The zero-order chi connectivity index (χ0) is 18.3. The molecule has 1 unspecified atom stereocenters. The number of rotatable bonds is 4. The van der Waals surface area contributed by atoms with Crippen molar-refractivity contribution in [3.05, 3.63) is 47.8 Å². The van der Waals surface area contributed by atoms with Crippen LogP contribution in [-0.2, 0) is 4.79 Å². The minimum atomic E-state index is -0.884. The Labute approximate surface area is 152 Å². The largest absolute Gasteiger partial charge is 0.481 e. The molecule has 26 heavy (non-hydrogen) atoms. The Morgan fingerprint density at radius 1 is 1.23 bits per heavy atom. The summed E-state index contributed by atoms with van der Waals surface area (Å²) in [6.07, 6.45) is 3.52. The van der Waals surface area contributed by atoms with Crippen molar-refractivity contribution in [2.75, 3.05) is 13.1 Å². The van der Waals surface area contributed by atoms with Gasteiger partial charge in [-0.05, 0) is 50.8 Å². The minimum Gasteiger partial charge on any atom is -0.481 e. The van der Waals surface area contributed by atoms with E-state index in [2.05, 4.69) is 5.10 Å². The number of nitrogens with zero attached hydrogens (tertiary/aromatic N) is 3. The highest BCUT2D eigenvalue weighted by Crippen LogP contribution is 2.40. The van der Waals surface area contributed by atoms with Crippen LogP contribution in [0.3, 0.4) is 0 Å². The number of benzene rings is 1. The van der Waals surface area contributed by atoms with Gasteiger partial charge in [0.25, 0.3) is 5.91 Å². The molecular weight excluding hydrogens is 330 g/mol. The maximum atomic E-state index is 13.2. The van der Waals surface area contributed by atoms with E-state index in [-0.39, 0.29) is 12.5 Å². The van der Waals surface area contributed by atoms with Gasteiger partial charge >= 0.3 is 5.97 Å². The number of carbonyl (C=O) groups excluding carboxylic acids is 1. The van der Waals surface area contributed by atoms with Crippen LogP contribution < -0.4 is 0 Å². The summed E-state index contributed by atoms with van der Waals surface area (Å²) in [7, 11) is 0. The average molecular weight is 353 g/mol. The van der Waals surface area contributed by atoms with Gasteiger partial charge < -0.3 is 10.0 Å². The average Bonchev–Trinajstić information content (AvgIpc) is 3.40. The predicted molar refractivity (Wildman–Crippen MR) is 96.4 cm³/mol. The number of amides is 1. The molecule has 1 aromatic heterocycles. The number of carboxylic acids is 1. The number of aromatic nitrogens is 2. The van der Waals surface area contributed by atoms with Crippen LogP contribution in [0.4, 0.5) is 0 Å². The number of piperidine rings is 1. The third kappa shape index (κ3) is 3.00. The summed E-state index contributed by atoms with van der Waals surface area (Å²) in [6.45, 7) is 2.54. The second kappa shape index (κ2) is 6.27. The normalized spacial score (nSPS) is 23.0. The van der Waals surface area contributed by atoms with Gasteiger partial charge in [0.1, 0.15) is 5.69 Å². The van der Waals surface area contributed by atoms with E-state index in [1.165, 1.54) is 0 Å². The molecule has 1 amide bonds. The van der Waals surface area contributed by atoms with Crippen LogP contribution >= 0.6 is 0 Å². The van der Waals surface area contributed by atoms with Gasteiger partial charge in [-0.3, -0.25) is 9.59 Å². The van der Waals surface area contributed by atoms with Crippen molar-refractivity contribution >= 4 is 11.9 Å². The summed E-state index contributed by atoms with van der Waals surface area (Å²) in [5.74, 6) is -0.539. The SMILES string of the molecule is CC1(C(=O)O)CCCN(C(=O)c2cc(C3CC3)nn2-c2ccccc2)C1. The van der Waals surface area contributed by atoms with Crippen molar-refractivity contribution in [1.82, 2.24) is 14.7 Å². The fourth-order valence-corrected chi connectivity index (χ4v) is 3.65. The Morgan fingerprint density at radius 2 is 1.96 bits per heavy atom. The van der Waals surface area contributed by atoms with Crippen LogP contribution in [0.5, 0.6) is 0 Å². The highest BCUT2D eigenvalue weighted by atomic mass is 16.4. The van der Waals surface area contributed by atoms with Crippen molar-refractivity contribution in [1.29, 1.82) is 0 Å². The van der Waals surface area contributed by atoms with Crippen LogP contribution in [0.1, 0.15) is 54.7 Å². The monoisotopic (exact) mass is 353 g/mol. The molecule has 0 radical (unpaired) electrons. The smallest absolute Gasteiger partial charge is 0.311 e. The Kier molecular flexibility index (Phi) is 4.05. The number of hydrogen-bond donors (Lipinski definition) is 1. The molecule has 0 bridgehead atoms. The van der Waals surface area contributed by atoms with E-state index in [0.717, 1.165) is 24.2 Å². The first-order chi connectivity index (χ1) is 12.5. The molecule has 2 fully saturated rings. The topological polar surface area (TPSA) is 75.4 Å². The summed E-state index contributed by atoms with van der Waals surface area (Å²) < 4.78 is 1.71. The number of likely N-dealkylation sites (tertiary alicyclic amines) is 1. The van der Waals surface area contributed by atoms with E-state index in [1.807, 2.05) is 36.4 Å². The quantitative estimate of drug-likeness (QED) is 0.916. The summed E-state index contributed by atoms with van der Waals surface area (Å²) in [6, 6.07) is 11.5. The van der Waals surface area contributed by atoms with Crippen molar-refractivity contribution in [2.24, 2.45) is 5.41 Å². The van der Waals surface area contributed by atoms with Crippen molar-refractivity contribution in [3.8, 4) is 5.69 Å². The summed E-state index contributed by atoms with van der Waals surface area (Å²) in [5.41, 5.74) is 1.44. The van der Waals surface area contributed by atoms with Crippen molar-refractivity contribution in [3.63, 3.8) is 0 Å². The third-order valence-electron chi connectivity index (χ3n) is 5.44. The maximum absolute atomic E-state index is 13.2. The molecule has 1 saturated heterocycles. The van der Waals surface area contributed by atoms with Gasteiger partial charge in [-0.2, -0.15) is 5.10 Å². The number of aliphatic carboxylic acids is 1. The van der Waals surface area contributed by atoms with Gasteiger partial charge in [-0.15, -0.1) is 0 Å². The molecular formula is C20H23N3O3. The van der Waals surface area contributed by atoms with E-state index in [1.54, 1.807) is 16.5 Å². The summed E-state index contributed by atoms with van der Waals surface area (Å²) in [5, 5.41) is 14.2. The van der Waals surface area contributed by atoms with Crippen LogP contribution in [0.2, 0.25) is 0 Å². The molecule has 1 aromatic carbocycles. The molecule has 2 aliphatic rings. The molecule has 1 aliphatic carbocycles. The van der Waals surface area contributed by atoms with Gasteiger partial charge in [0.05, 0.1) is 16.8 Å². The minimum absolute atomic E-state index is 0.138.